The molecule has 0 spiro atoms. The Bertz CT molecular complexity index is 1000. The molecule has 3 aromatic rings. The Balaban J connectivity index is 2.26. The van der Waals surface area contributed by atoms with Crippen LogP contribution < -0.4 is 15.8 Å². The fourth-order valence-corrected chi connectivity index (χ4v) is 2.79. The molecule has 0 aliphatic carbocycles. The lowest BCUT2D eigenvalue weighted by Gasteiger charge is -2.13. The van der Waals surface area contributed by atoms with Crippen LogP contribution in [0.3, 0.4) is 0 Å². The minimum atomic E-state index is -0.0187. The minimum Gasteiger partial charge on any atom is -0.467 e. The van der Waals surface area contributed by atoms with Gasteiger partial charge < -0.3 is 15.2 Å². The SMILES string of the molecule is COCOc1cccc2nc(-c3ccccc3C)cc(N=C(N)NC=O)c12. The topological polar surface area (TPSA) is 98.8 Å². The van der Waals surface area contributed by atoms with E-state index in [4.69, 9.17) is 20.2 Å². The molecule has 0 radical (unpaired) electrons. The first-order valence-corrected chi connectivity index (χ1v) is 8.30. The van der Waals surface area contributed by atoms with Gasteiger partial charge in [0, 0.05) is 12.7 Å². The predicted molar refractivity (Wildman–Crippen MR) is 105 cm³/mol. The summed E-state index contributed by atoms with van der Waals surface area (Å²) in [5.74, 6) is 0.547. The number of aliphatic imine (C=N–C) groups is 1. The molecule has 1 heterocycles. The number of benzene rings is 2. The number of nitrogens with one attached hydrogen (secondary N) is 1. The zero-order valence-corrected chi connectivity index (χ0v) is 15.1. The van der Waals surface area contributed by atoms with Crippen LogP contribution >= 0.6 is 0 Å². The van der Waals surface area contributed by atoms with E-state index in [-0.39, 0.29) is 12.8 Å². The maximum Gasteiger partial charge on any atom is 0.213 e. The third kappa shape index (κ3) is 4.04. The summed E-state index contributed by atoms with van der Waals surface area (Å²) in [4.78, 5) is 19.8. The number of rotatable bonds is 6. The molecule has 3 N–H and O–H groups in total. The standard InChI is InChI=1S/C20H20N4O3/c1-13-6-3-4-7-14(13)16-10-17(24-20(21)22-11-25)19-15(23-16)8-5-9-18(19)27-12-26-2/h3-11H,12H2,1-2H3,(H3,21,22,23,24,25). The highest BCUT2D eigenvalue weighted by atomic mass is 16.7. The van der Waals surface area contributed by atoms with E-state index in [2.05, 4.69) is 10.3 Å². The molecule has 0 atom stereocenters. The molecule has 0 aliphatic heterocycles. The zero-order valence-electron chi connectivity index (χ0n) is 15.1. The molecule has 7 nitrogen and oxygen atoms in total. The molecule has 138 valence electrons. The first-order chi connectivity index (χ1) is 13.1. The van der Waals surface area contributed by atoms with Gasteiger partial charge in [-0.25, -0.2) is 9.98 Å². The van der Waals surface area contributed by atoms with Gasteiger partial charge in [-0.05, 0) is 30.7 Å². The Hall–Kier alpha value is -3.45. The van der Waals surface area contributed by atoms with Crippen molar-refractivity contribution < 1.29 is 14.3 Å². The van der Waals surface area contributed by atoms with Crippen molar-refractivity contribution in [3.63, 3.8) is 0 Å². The monoisotopic (exact) mass is 364 g/mol. The maximum absolute atomic E-state index is 10.7. The van der Waals surface area contributed by atoms with Gasteiger partial charge >= 0.3 is 0 Å². The molecule has 27 heavy (non-hydrogen) atoms. The summed E-state index contributed by atoms with van der Waals surface area (Å²) in [6, 6.07) is 15.3. The van der Waals surface area contributed by atoms with E-state index < -0.39 is 0 Å². The second-order valence-corrected chi connectivity index (χ2v) is 5.80. The highest BCUT2D eigenvalue weighted by Gasteiger charge is 2.13. The first kappa shape index (κ1) is 18.3. The summed E-state index contributed by atoms with van der Waals surface area (Å²) >= 11 is 0. The van der Waals surface area contributed by atoms with Crippen LogP contribution in [0.15, 0.2) is 53.5 Å². The van der Waals surface area contributed by atoms with Gasteiger partial charge in [0.25, 0.3) is 0 Å². The van der Waals surface area contributed by atoms with Crippen molar-refractivity contribution in [3.05, 3.63) is 54.1 Å². The summed E-state index contributed by atoms with van der Waals surface area (Å²) in [5, 5.41) is 3.04. The fraction of sp³-hybridized carbons (Fsp3) is 0.150. The van der Waals surface area contributed by atoms with Gasteiger partial charge in [-0.15, -0.1) is 0 Å². The highest BCUT2D eigenvalue weighted by molar-refractivity contribution is 6.00. The van der Waals surface area contributed by atoms with E-state index in [9.17, 15) is 4.79 Å². The Morgan fingerprint density at radius 2 is 2.07 bits per heavy atom. The number of amides is 1. The number of aryl methyl sites for hydroxylation is 1. The van der Waals surface area contributed by atoms with Crippen molar-refractivity contribution in [2.45, 2.75) is 6.92 Å². The summed E-state index contributed by atoms with van der Waals surface area (Å²) < 4.78 is 10.7. The molecule has 0 bridgehead atoms. The Morgan fingerprint density at radius 3 is 2.81 bits per heavy atom. The van der Waals surface area contributed by atoms with Crippen LogP contribution in [0.2, 0.25) is 0 Å². The van der Waals surface area contributed by atoms with Gasteiger partial charge in [0.15, 0.2) is 12.8 Å². The van der Waals surface area contributed by atoms with Crippen molar-refractivity contribution >= 4 is 29.0 Å². The van der Waals surface area contributed by atoms with Gasteiger partial charge in [0.2, 0.25) is 6.41 Å². The lowest BCUT2D eigenvalue weighted by Crippen LogP contribution is -2.29. The van der Waals surface area contributed by atoms with Crippen molar-refractivity contribution in [2.24, 2.45) is 10.7 Å². The second kappa shape index (κ2) is 8.29. The molecular weight excluding hydrogens is 344 g/mol. The molecule has 0 fully saturated rings. The molecule has 0 unspecified atom stereocenters. The number of pyridine rings is 1. The normalized spacial score (nSPS) is 11.4. The van der Waals surface area contributed by atoms with E-state index in [0.717, 1.165) is 16.8 Å². The average molecular weight is 364 g/mol. The van der Waals surface area contributed by atoms with E-state index in [1.807, 2.05) is 49.4 Å². The number of carbonyl (C=O) groups excluding carboxylic acids is 1. The average Bonchev–Trinajstić information content (AvgIpc) is 2.66. The summed E-state index contributed by atoms with van der Waals surface area (Å²) in [7, 11) is 1.55. The third-order valence-electron chi connectivity index (χ3n) is 3.98. The number of fused-ring (bicyclic) bond motifs is 1. The number of methoxy groups -OCH3 is 1. The molecule has 0 saturated heterocycles. The van der Waals surface area contributed by atoms with Gasteiger partial charge in [0.05, 0.1) is 22.3 Å². The predicted octanol–water partition coefficient (Wildman–Crippen LogP) is 2.89. The van der Waals surface area contributed by atoms with Crippen molar-refractivity contribution in [1.29, 1.82) is 0 Å². The van der Waals surface area contributed by atoms with Crippen LogP contribution in [0.5, 0.6) is 5.75 Å². The van der Waals surface area contributed by atoms with Crippen LogP contribution in [0, 0.1) is 6.92 Å². The third-order valence-corrected chi connectivity index (χ3v) is 3.98. The molecule has 0 saturated carbocycles. The molecule has 2 aromatic carbocycles. The van der Waals surface area contributed by atoms with Crippen LogP contribution in [0.1, 0.15) is 5.56 Å². The van der Waals surface area contributed by atoms with Crippen molar-refractivity contribution in [3.8, 4) is 17.0 Å². The number of nitrogens with zero attached hydrogens (tertiary/aromatic N) is 2. The van der Waals surface area contributed by atoms with E-state index in [0.29, 0.717) is 28.7 Å². The van der Waals surface area contributed by atoms with E-state index in [1.165, 1.54) is 0 Å². The Kier molecular flexibility index (Phi) is 5.63. The number of hydrogen-bond donors (Lipinski definition) is 2. The maximum atomic E-state index is 10.7. The van der Waals surface area contributed by atoms with Crippen LogP contribution in [0.4, 0.5) is 5.69 Å². The summed E-state index contributed by atoms with van der Waals surface area (Å²) in [5.41, 5.74) is 9.86. The number of nitrogens with two attached hydrogens (primary N) is 1. The number of carbonyl (C=O) groups is 1. The van der Waals surface area contributed by atoms with E-state index in [1.54, 1.807) is 13.2 Å². The number of aromatic nitrogens is 1. The number of hydrogen-bond acceptors (Lipinski definition) is 5. The van der Waals surface area contributed by atoms with E-state index >= 15 is 0 Å². The molecule has 0 aliphatic rings. The van der Waals surface area contributed by atoms with Crippen LogP contribution in [-0.2, 0) is 9.53 Å². The van der Waals surface area contributed by atoms with Gasteiger partial charge in [-0.2, -0.15) is 0 Å². The zero-order chi connectivity index (χ0) is 19.2. The van der Waals surface area contributed by atoms with Gasteiger partial charge in [-0.3, -0.25) is 10.1 Å². The lowest BCUT2D eigenvalue weighted by molar-refractivity contribution is -0.108. The first-order valence-electron chi connectivity index (χ1n) is 8.30. The molecule has 1 aromatic heterocycles. The fourth-order valence-electron chi connectivity index (χ4n) is 2.79. The van der Waals surface area contributed by atoms with Crippen molar-refractivity contribution in [2.75, 3.05) is 13.9 Å². The van der Waals surface area contributed by atoms with Gasteiger partial charge in [-0.1, -0.05) is 30.3 Å². The van der Waals surface area contributed by atoms with Gasteiger partial charge in [0.1, 0.15) is 5.75 Å². The molecule has 1 amide bonds. The molecular formula is C20H20N4O3. The lowest BCUT2D eigenvalue weighted by atomic mass is 10.0. The second-order valence-electron chi connectivity index (χ2n) is 5.80. The summed E-state index contributed by atoms with van der Waals surface area (Å²) in [6.45, 7) is 2.11. The Morgan fingerprint density at radius 1 is 1.26 bits per heavy atom. The van der Waals surface area contributed by atoms with Crippen LogP contribution in [-0.4, -0.2) is 31.3 Å². The largest absolute Gasteiger partial charge is 0.467 e. The Labute approximate surface area is 156 Å². The number of guanidine groups is 1. The number of ether oxygens (including phenoxy) is 2. The highest BCUT2D eigenvalue weighted by Crippen LogP contribution is 2.37. The van der Waals surface area contributed by atoms with Crippen molar-refractivity contribution in [1.82, 2.24) is 10.3 Å². The smallest absolute Gasteiger partial charge is 0.213 e. The molecule has 3 rings (SSSR count). The van der Waals surface area contributed by atoms with Crippen LogP contribution in [0.25, 0.3) is 22.2 Å². The minimum absolute atomic E-state index is 0.0187. The summed E-state index contributed by atoms with van der Waals surface area (Å²) in [6.07, 6.45) is 0.479. The quantitative estimate of drug-likeness (QED) is 0.303. The molecule has 7 heteroatoms.